The number of para-hydroxylation sites is 1. The SMILES string of the molecule is CC(C)(C)OC(=O)NCCCCNc1nc(NCC2CCC(CNS(=O)(=O)c3ccc(Cl)cc3)CC2)nc2ccccc12.O=C(O)C(F)(F)F. The number of nitrogens with zero attached hydrogens (tertiary/aromatic N) is 2. The standard InChI is InChI=1S/C31H43ClN6O4S.C2HF3O2/c1-31(2,3)42-30(39)34-19-7-6-18-33-28-26-8-4-5-9-27(26)37-29(38-28)35-20-22-10-12-23(13-11-22)21-36-43(40,41)25-16-14-24(32)15-17-25;3-2(4,5)1(6)7/h4-5,8-9,14-17,22-23,36H,6-7,10-13,18-21H2,1-3H3,(H,34,39)(H2,33,35,37,38);(H,6,7). The fraction of sp³-hybridized carbons (Fsp3) is 0.515. The van der Waals surface area contributed by atoms with E-state index in [0.717, 1.165) is 61.8 Å². The number of fused-ring (bicyclic) bond motifs is 1. The Hall–Kier alpha value is -3.89. The van der Waals surface area contributed by atoms with E-state index in [9.17, 15) is 26.4 Å². The topological polar surface area (TPSA) is 172 Å². The molecule has 0 aliphatic heterocycles. The van der Waals surface area contributed by atoms with Crippen LogP contribution in [0.4, 0.5) is 29.7 Å². The quantitative estimate of drug-likeness (QED) is 0.117. The number of carbonyl (C=O) groups is 2. The molecule has 276 valence electrons. The van der Waals surface area contributed by atoms with Gasteiger partial charge >= 0.3 is 18.2 Å². The van der Waals surface area contributed by atoms with Crippen LogP contribution in [-0.2, 0) is 19.6 Å². The van der Waals surface area contributed by atoms with Crippen molar-refractivity contribution in [3.8, 4) is 0 Å². The first-order valence-electron chi connectivity index (χ1n) is 16.2. The van der Waals surface area contributed by atoms with E-state index < -0.39 is 33.9 Å². The number of nitrogens with one attached hydrogen (secondary N) is 4. The van der Waals surface area contributed by atoms with Gasteiger partial charge in [0, 0.05) is 36.6 Å². The highest BCUT2D eigenvalue weighted by Crippen LogP contribution is 2.29. The number of hydrogen-bond acceptors (Lipinski definition) is 9. The van der Waals surface area contributed by atoms with Gasteiger partial charge in [-0.15, -0.1) is 0 Å². The summed E-state index contributed by atoms with van der Waals surface area (Å²) in [5, 5.41) is 18.3. The summed E-state index contributed by atoms with van der Waals surface area (Å²) in [6.45, 7) is 7.99. The molecule has 0 unspecified atom stereocenters. The van der Waals surface area contributed by atoms with Crippen LogP contribution in [0, 0.1) is 11.8 Å². The number of benzene rings is 2. The van der Waals surface area contributed by atoms with E-state index in [1.165, 1.54) is 12.1 Å². The third-order valence-electron chi connectivity index (χ3n) is 7.61. The summed E-state index contributed by atoms with van der Waals surface area (Å²) < 4.78 is 65.0. The predicted molar refractivity (Wildman–Crippen MR) is 186 cm³/mol. The monoisotopic (exact) mass is 744 g/mol. The fourth-order valence-corrected chi connectivity index (χ4v) is 6.29. The maximum Gasteiger partial charge on any atom is 0.490 e. The number of carboxylic acids is 1. The molecule has 1 fully saturated rings. The van der Waals surface area contributed by atoms with Crippen LogP contribution in [0.1, 0.15) is 59.3 Å². The predicted octanol–water partition coefficient (Wildman–Crippen LogP) is 6.83. The largest absolute Gasteiger partial charge is 0.490 e. The average Bonchev–Trinajstić information content (AvgIpc) is 3.04. The Bertz CT molecular complexity index is 1670. The number of aliphatic carboxylic acids is 1. The Balaban J connectivity index is 0.000000872. The number of ether oxygens (including phenoxy) is 1. The van der Waals surface area contributed by atoms with E-state index in [1.807, 2.05) is 45.0 Å². The van der Waals surface area contributed by atoms with Crippen molar-refractivity contribution >= 4 is 56.4 Å². The first-order chi connectivity index (χ1) is 23.4. The van der Waals surface area contributed by atoms with Crippen LogP contribution in [0.5, 0.6) is 0 Å². The molecule has 0 spiro atoms. The van der Waals surface area contributed by atoms with Gasteiger partial charge in [0.15, 0.2) is 0 Å². The van der Waals surface area contributed by atoms with E-state index in [0.29, 0.717) is 42.4 Å². The van der Waals surface area contributed by atoms with Gasteiger partial charge < -0.3 is 25.8 Å². The second-order valence-electron chi connectivity index (χ2n) is 12.9. The van der Waals surface area contributed by atoms with Crippen LogP contribution < -0.4 is 20.7 Å². The number of unbranched alkanes of at least 4 members (excludes halogenated alkanes) is 1. The average molecular weight is 745 g/mol. The van der Waals surface area contributed by atoms with Crippen molar-refractivity contribution in [2.24, 2.45) is 11.8 Å². The maximum absolute atomic E-state index is 12.6. The highest BCUT2D eigenvalue weighted by atomic mass is 35.5. The number of carbonyl (C=O) groups excluding carboxylic acids is 1. The number of alkyl carbamates (subject to hydrolysis) is 1. The van der Waals surface area contributed by atoms with Gasteiger partial charge in [0.05, 0.1) is 10.4 Å². The van der Waals surface area contributed by atoms with Gasteiger partial charge in [-0.05, 0) is 108 Å². The number of anilines is 2. The van der Waals surface area contributed by atoms with Crippen molar-refractivity contribution in [1.29, 1.82) is 0 Å². The van der Waals surface area contributed by atoms with Crippen LogP contribution in [0.15, 0.2) is 53.4 Å². The number of halogens is 4. The Morgan fingerprint density at radius 2 is 1.48 bits per heavy atom. The smallest absolute Gasteiger partial charge is 0.475 e. The molecule has 12 nitrogen and oxygen atoms in total. The summed E-state index contributed by atoms with van der Waals surface area (Å²) in [7, 11) is -3.54. The summed E-state index contributed by atoms with van der Waals surface area (Å²) in [4.78, 5) is 30.4. The summed E-state index contributed by atoms with van der Waals surface area (Å²) in [6.07, 6.45) is 0.131. The number of alkyl halides is 3. The lowest BCUT2D eigenvalue weighted by Gasteiger charge is -2.28. The molecule has 50 heavy (non-hydrogen) atoms. The third-order valence-corrected chi connectivity index (χ3v) is 9.30. The zero-order valence-corrected chi connectivity index (χ0v) is 29.7. The zero-order chi connectivity index (χ0) is 37.0. The number of carboxylic acid groups (broad SMARTS) is 1. The number of hydrogen-bond donors (Lipinski definition) is 5. The zero-order valence-electron chi connectivity index (χ0n) is 28.1. The van der Waals surface area contributed by atoms with Crippen molar-refractivity contribution < 1.29 is 41.0 Å². The fourth-order valence-electron chi connectivity index (χ4n) is 5.05. The van der Waals surface area contributed by atoms with Crippen molar-refractivity contribution in [3.63, 3.8) is 0 Å². The van der Waals surface area contributed by atoms with E-state index in [2.05, 4.69) is 20.7 Å². The summed E-state index contributed by atoms with van der Waals surface area (Å²) >= 11 is 5.88. The molecule has 1 aromatic heterocycles. The molecule has 1 aliphatic rings. The molecule has 0 radical (unpaired) electrons. The third kappa shape index (κ3) is 14.2. The van der Waals surface area contributed by atoms with Gasteiger partial charge in [0.2, 0.25) is 16.0 Å². The Labute approximate surface area is 295 Å². The van der Waals surface area contributed by atoms with E-state index in [4.69, 9.17) is 36.2 Å². The second-order valence-corrected chi connectivity index (χ2v) is 15.1. The lowest BCUT2D eigenvalue weighted by atomic mass is 9.82. The molecule has 17 heteroatoms. The molecule has 4 rings (SSSR count). The molecular formula is C33H44ClF3N6O6S. The number of rotatable bonds is 13. The molecule has 1 heterocycles. The van der Waals surface area contributed by atoms with Crippen LogP contribution >= 0.6 is 11.6 Å². The molecule has 1 aliphatic carbocycles. The van der Waals surface area contributed by atoms with Crippen molar-refractivity contribution in [3.05, 3.63) is 53.6 Å². The minimum Gasteiger partial charge on any atom is -0.475 e. The highest BCUT2D eigenvalue weighted by molar-refractivity contribution is 7.89. The van der Waals surface area contributed by atoms with Crippen LogP contribution in [0.3, 0.4) is 0 Å². The molecule has 2 aromatic carbocycles. The first-order valence-corrected chi connectivity index (χ1v) is 18.1. The number of aromatic nitrogens is 2. The van der Waals surface area contributed by atoms with Crippen LogP contribution in [0.2, 0.25) is 5.02 Å². The Kier molecular flexibility index (Phi) is 14.9. The second kappa shape index (κ2) is 18.4. The minimum atomic E-state index is -5.08. The molecule has 0 atom stereocenters. The van der Waals surface area contributed by atoms with Crippen LogP contribution in [-0.4, -0.2) is 73.5 Å². The molecular weight excluding hydrogens is 701 g/mol. The molecule has 5 N–H and O–H groups in total. The Morgan fingerprint density at radius 3 is 2.08 bits per heavy atom. The van der Waals surface area contributed by atoms with Crippen molar-refractivity contribution in [2.75, 3.05) is 36.8 Å². The van der Waals surface area contributed by atoms with Gasteiger partial charge in [0.25, 0.3) is 0 Å². The van der Waals surface area contributed by atoms with Gasteiger partial charge in [-0.2, -0.15) is 18.2 Å². The normalized spacial score (nSPS) is 16.5. The van der Waals surface area contributed by atoms with E-state index in [-0.39, 0.29) is 4.90 Å². The lowest BCUT2D eigenvalue weighted by molar-refractivity contribution is -0.192. The number of amides is 1. The van der Waals surface area contributed by atoms with Gasteiger partial charge in [-0.3, -0.25) is 0 Å². The Morgan fingerprint density at radius 1 is 0.900 bits per heavy atom. The van der Waals surface area contributed by atoms with Gasteiger partial charge in [-0.1, -0.05) is 23.7 Å². The van der Waals surface area contributed by atoms with Gasteiger partial charge in [0.1, 0.15) is 11.4 Å². The van der Waals surface area contributed by atoms with Crippen molar-refractivity contribution in [2.45, 2.75) is 76.0 Å². The molecule has 1 amide bonds. The van der Waals surface area contributed by atoms with Crippen molar-refractivity contribution in [1.82, 2.24) is 20.0 Å². The number of sulfonamides is 1. The van der Waals surface area contributed by atoms with E-state index in [1.54, 1.807) is 12.1 Å². The van der Waals surface area contributed by atoms with E-state index >= 15 is 0 Å². The summed E-state index contributed by atoms with van der Waals surface area (Å²) in [5.74, 6) is -0.610. The summed E-state index contributed by atoms with van der Waals surface area (Å²) in [6, 6.07) is 14.1. The molecule has 0 bridgehead atoms. The lowest BCUT2D eigenvalue weighted by Crippen LogP contribution is -2.33. The first kappa shape index (κ1) is 40.5. The maximum atomic E-state index is 12.6. The highest BCUT2D eigenvalue weighted by Gasteiger charge is 2.38. The molecule has 0 saturated heterocycles. The summed E-state index contributed by atoms with van der Waals surface area (Å²) in [5.41, 5.74) is 0.359. The molecule has 1 saturated carbocycles. The molecule has 3 aromatic rings. The van der Waals surface area contributed by atoms with Crippen LogP contribution in [0.25, 0.3) is 10.9 Å². The minimum absolute atomic E-state index is 0.231. The van der Waals surface area contributed by atoms with Gasteiger partial charge in [-0.25, -0.2) is 27.7 Å².